The zero-order valence-electron chi connectivity index (χ0n) is 10.3. The molecule has 1 fully saturated rings. The van der Waals surface area contributed by atoms with Crippen molar-refractivity contribution in [2.24, 2.45) is 0 Å². The van der Waals surface area contributed by atoms with Crippen molar-refractivity contribution >= 4 is 21.4 Å². The van der Waals surface area contributed by atoms with E-state index in [1.165, 1.54) is 10.4 Å². The summed E-state index contributed by atoms with van der Waals surface area (Å²) in [6, 6.07) is 2.06. The molecule has 1 N–H and O–H groups in total. The third-order valence-electron chi connectivity index (χ3n) is 3.81. The molecule has 4 nitrogen and oxygen atoms in total. The van der Waals surface area contributed by atoms with Crippen LogP contribution >= 0.6 is 11.3 Å². The fourth-order valence-corrected chi connectivity index (χ4v) is 5.49. The van der Waals surface area contributed by atoms with Crippen LogP contribution in [0.15, 0.2) is 11.4 Å². The van der Waals surface area contributed by atoms with Gasteiger partial charge in [0.25, 0.3) is 0 Å². The minimum absolute atomic E-state index is 0.230. The molecule has 0 radical (unpaired) electrons. The number of sulfonamides is 1. The van der Waals surface area contributed by atoms with E-state index in [1.807, 2.05) is 0 Å². The van der Waals surface area contributed by atoms with E-state index in [1.54, 1.807) is 15.6 Å². The van der Waals surface area contributed by atoms with Crippen molar-refractivity contribution in [3.8, 4) is 0 Å². The Balaban J connectivity index is 1.78. The van der Waals surface area contributed by atoms with Crippen LogP contribution in [0, 0.1) is 0 Å². The van der Waals surface area contributed by atoms with Gasteiger partial charge in [-0.25, -0.2) is 8.42 Å². The average molecular weight is 286 g/mol. The molecule has 3 rings (SSSR count). The molecule has 3 heterocycles. The molecule has 0 amide bonds. The Kier molecular flexibility index (Phi) is 3.44. The number of hydrogen-bond donors (Lipinski definition) is 1. The zero-order valence-corrected chi connectivity index (χ0v) is 11.9. The smallest absolute Gasteiger partial charge is 0.218 e. The topological polar surface area (TPSA) is 49.4 Å². The van der Waals surface area contributed by atoms with Gasteiger partial charge in [-0.3, -0.25) is 0 Å². The largest absolute Gasteiger partial charge is 0.315 e. The highest BCUT2D eigenvalue weighted by Gasteiger charge is 2.34. The number of nitrogens with zero attached hydrogens (tertiary/aromatic N) is 1. The second-order valence-electron chi connectivity index (χ2n) is 4.97. The summed E-state index contributed by atoms with van der Waals surface area (Å²) in [5.41, 5.74) is 1.19. The van der Waals surface area contributed by atoms with Crippen LogP contribution in [0.5, 0.6) is 0 Å². The predicted molar refractivity (Wildman–Crippen MR) is 73.2 cm³/mol. The average Bonchev–Trinajstić information content (AvgIpc) is 2.87. The van der Waals surface area contributed by atoms with Crippen LogP contribution in [-0.2, 0) is 23.0 Å². The van der Waals surface area contributed by atoms with Gasteiger partial charge in [0.05, 0.1) is 5.25 Å². The summed E-state index contributed by atoms with van der Waals surface area (Å²) in [6.45, 7) is 2.76. The molecule has 0 saturated carbocycles. The van der Waals surface area contributed by atoms with Crippen LogP contribution in [0.1, 0.15) is 23.3 Å². The van der Waals surface area contributed by atoms with Gasteiger partial charge in [0, 0.05) is 24.5 Å². The summed E-state index contributed by atoms with van der Waals surface area (Å²) in [7, 11) is -3.13. The maximum absolute atomic E-state index is 12.6. The van der Waals surface area contributed by atoms with Crippen LogP contribution in [0.4, 0.5) is 0 Å². The number of hydrogen-bond acceptors (Lipinski definition) is 4. The second kappa shape index (κ2) is 4.92. The molecule has 2 aliphatic rings. The molecule has 1 saturated heterocycles. The van der Waals surface area contributed by atoms with Crippen molar-refractivity contribution in [3.05, 3.63) is 21.9 Å². The summed E-state index contributed by atoms with van der Waals surface area (Å²) in [6.07, 6.45) is 2.62. The third kappa shape index (κ3) is 2.22. The molecule has 0 aliphatic carbocycles. The molecular weight excluding hydrogens is 268 g/mol. The van der Waals surface area contributed by atoms with Crippen LogP contribution in [0.3, 0.4) is 0 Å². The standard InChI is InChI=1S/C12H18N2O2S2/c15-18(16,11-2-1-5-13-8-11)14-6-3-12-10(9-14)4-7-17-12/h4,7,11,13H,1-3,5-6,8-9H2. The van der Waals surface area contributed by atoms with E-state index in [4.69, 9.17) is 0 Å². The maximum Gasteiger partial charge on any atom is 0.218 e. The van der Waals surface area contributed by atoms with E-state index in [0.29, 0.717) is 19.6 Å². The highest BCUT2D eigenvalue weighted by atomic mass is 32.2. The first-order chi connectivity index (χ1) is 8.68. The first kappa shape index (κ1) is 12.6. The number of thiophene rings is 1. The molecule has 100 valence electrons. The van der Waals surface area contributed by atoms with E-state index < -0.39 is 10.0 Å². The molecule has 1 aromatic rings. The molecule has 0 bridgehead atoms. The molecule has 18 heavy (non-hydrogen) atoms. The fourth-order valence-electron chi connectivity index (χ4n) is 2.72. The van der Waals surface area contributed by atoms with E-state index in [-0.39, 0.29) is 5.25 Å². The van der Waals surface area contributed by atoms with E-state index in [9.17, 15) is 8.42 Å². The molecule has 2 aliphatic heterocycles. The Labute approximate surface area is 112 Å². The molecule has 0 spiro atoms. The molecule has 0 aromatic carbocycles. The van der Waals surface area contributed by atoms with Gasteiger partial charge in [0.15, 0.2) is 0 Å². The van der Waals surface area contributed by atoms with Crippen molar-refractivity contribution in [1.29, 1.82) is 0 Å². The van der Waals surface area contributed by atoms with Gasteiger partial charge in [-0.05, 0) is 42.8 Å². The Morgan fingerprint density at radius 1 is 1.44 bits per heavy atom. The first-order valence-corrected chi connectivity index (χ1v) is 8.81. The second-order valence-corrected chi connectivity index (χ2v) is 8.18. The third-order valence-corrected chi connectivity index (χ3v) is 7.10. The van der Waals surface area contributed by atoms with Crippen LogP contribution in [0.2, 0.25) is 0 Å². The SMILES string of the molecule is O=S(=O)(C1CCCNC1)N1CCc2sccc2C1. The Bertz CT molecular complexity index is 518. The first-order valence-electron chi connectivity index (χ1n) is 6.43. The van der Waals surface area contributed by atoms with E-state index in [0.717, 1.165) is 25.8 Å². The zero-order chi connectivity index (χ0) is 12.6. The summed E-state index contributed by atoms with van der Waals surface area (Å²) in [5.74, 6) is 0. The van der Waals surface area contributed by atoms with Gasteiger partial charge < -0.3 is 5.32 Å². The summed E-state index contributed by atoms with van der Waals surface area (Å²) in [5, 5.41) is 5.02. The van der Waals surface area contributed by atoms with Gasteiger partial charge in [0.2, 0.25) is 10.0 Å². The van der Waals surface area contributed by atoms with Crippen molar-refractivity contribution in [2.75, 3.05) is 19.6 Å². The van der Waals surface area contributed by atoms with Gasteiger partial charge in [0.1, 0.15) is 0 Å². The number of fused-ring (bicyclic) bond motifs is 1. The molecule has 1 aromatic heterocycles. The van der Waals surface area contributed by atoms with Gasteiger partial charge in [-0.1, -0.05) is 0 Å². The van der Waals surface area contributed by atoms with Crippen LogP contribution in [-0.4, -0.2) is 37.6 Å². The Morgan fingerprint density at radius 2 is 2.33 bits per heavy atom. The summed E-state index contributed by atoms with van der Waals surface area (Å²) >= 11 is 1.74. The number of nitrogens with one attached hydrogen (secondary N) is 1. The van der Waals surface area contributed by atoms with Crippen LogP contribution in [0.25, 0.3) is 0 Å². The molecular formula is C12H18N2O2S2. The fraction of sp³-hybridized carbons (Fsp3) is 0.667. The highest BCUT2D eigenvalue weighted by Crippen LogP contribution is 2.27. The lowest BCUT2D eigenvalue weighted by Crippen LogP contribution is -2.47. The summed E-state index contributed by atoms with van der Waals surface area (Å²) < 4.78 is 26.8. The molecule has 1 unspecified atom stereocenters. The number of piperidine rings is 1. The van der Waals surface area contributed by atoms with Crippen LogP contribution < -0.4 is 5.32 Å². The molecule has 1 atom stereocenters. The lowest BCUT2D eigenvalue weighted by molar-refractivity contribution is 0.376. The van der Waals surface area contributed by atoms with Crippen molar-refractivity contribution in [3.63, 3.8) is 0 Å². The lowest BCUT2D eigenvalue weighted by Gasteiger charge is -2.32. The normalized spacial score (nSPS) is 25.9. The lowest BCUT2D eigenvalue weighted by atomic mass is 10.1. The van der Waals surface area contributed by atoms with E-state index in [2.05, 4.69) is 16.8 Å². The minimum atomic E-state index is -3.13. The van der Waals surface area contributed by atoms with Crippen molar-refractivity contribution in [1.82, 2.24) is 9.62 Å². The van der Waals surface area contributed by atoms with Crippen molar-refractivity contribution < 1.29 is 8.42 Å². The summed E-state index contributed by atoms with van der Waals surface area (Å²) in [4.78, 5) is 1.35. The monoisotopic (exact) mass is 286 g/mol. The Hall–Kier alpha value is -0.430. The maximum atomic E-state index is 12.6. The highest BCUT2D eigenvalue weighted by molar-refractivity contribution is 7.89. The quantitative estimate of drug-likeness (QED) is 0.888. The predicted octanol–water partition coefficient (Wildman–Crippen LogP) is 1.19. The Morgan fingerprint density at radius 3 is 3.11 bits per heavy atom. The van der Waals surface area contributed by atoms with E-state index >= 15 is 0 Å². The van der Waals surface area contributed by atoms with Gasteiger partial charge >= 0.3 is 0 Å². The molecule has 6 heteroatoms. The van der Waals surface area contributed by atoms with Gasteiger partial charge in [-0.15, -0.1) is 11.3 Å². The van der Waals surface area contributed by atoms with Crippen molar-refractivity contribution in [2.45, 2.75) is 31.1 Å². The van der Waals surface area contributed by atoms with Gasteiger partial charge in [-0.2, -0.15) is 4.31 Å². The minimum Gasteiger partial charge on any atom is -0.315 e. The number of rotatable bonds is 2.